The summed E-state index contributed by atoms with van der Waals surface area (Å²) >= 11 is 0. The molecule has 1 aliphatic heterocycles. The van der Waals surface area contributed by atoms with Gasteiger partial charge in [-0.15, -0.1) is 5.10 Å². The Bertz CT molecular complexity index is 314. The molecule has 14 heavy (non-hydrogen) atoms. The quantitative estimate of drug-likeness (QED) is 0.559. The maximum absolute atomic E-state index is 12.7. The summed E-state index contributed by atoms with van der Waals surface area (Å²) in [4.78, 5) is 11.4. The first-order chi connectivity index (χ1) is 6.75. The SMILES string of the molecule is O=C(Nc1nn[nH]n1)[C@@H]1C[C@@H](F)CN1. The molecule has 0 saturated carbocycles. The van der Waals surface area contributed by atoms with E-state index in [1.165, 1.54) is 0 Å². The number of carbonyl (C=O) groups is 1. The first-order valence-corrected chi connectivity index (χ1v) is 4.17. The number of nitrogens with one attached hydrogen (secondary N) is 3. The van der Waals surface area contributed by atoms with Crippen LogP contribution in [0.3, 0.4) is 0 Å². The third kappa shape index (κ3) is 1.84. The highest BCUT2D eigenvalue weighted by atomic mass is 19.1. The van der Waals surface area contributed by atoms with Crippen molar-refractivity contribution in [3.8, 4) is 0 Å². The van der Waals surface area contributed by atoms with E-state index in [4.69, 9.17) is 0 Å². The van der Waals surface area contributed by atoms with Gasteiger partial charge < -0.3 is 5.32 Å². The number of nitrogens with zero attached hydrogens (tertiary/aromatic N) is 3. The van der Waals surface area contributed by atoms with Crippen LogP contribution in [0.5, 0.6) is 0 Å². The molecule has 0 spiro atoms. The number of tetrazole rings is 1. The molecule has 2 rings (SSSR count). The van der Waals surface area contributed by atoms with Crippen LogP contribution in [0, 0.1) is 0 Å². The van der Waals surface area contributed by atoms with E-state index in [-0.39, 0.29) is 24.8 Å². The van der Waals surface area contributed by atoms with Gasteiger partial charge in [0, 0.05) is 13.0 Å². The van der Waals surface area contributed by atoms with Gasteiger partial charge in [-0.3, -0.25) is 10.1 Å². The molecule has 2 heterocycles. The molecule has 0 unspecified atom stereocenters. The highest BCUT2D eigenvalue weighted by Crippen LogP contribution is 2.10. The molecular weight excluding hydrogens is 191 g/mol. The Morgan fingerprint density at radius 2 is 2.50 bits per heavy atom. The largest absolute Gasteiger partial charge is 0.303 e. The van der Waals surface area contributed by atoms with Crippen molar-refractivity contribution < 1.29 is 9.18 Å². The summed E-state index contributed by atoms with van der Waals surface area (Å²) in [6.07, 6.45) is -0.778. The molecule has 2 atom stereocenters. The molecule has 0 aliphatic carbocycles. The number of aromatic nitrogens is 4. The van der Waals surface area contributed by atoms with Crippen molar-refractivity contribution in [2.75, 3.05) is 11.9 Å². The average Bonchev–Trinajstić information content (AvgIpc) is 2.75. The summed E-state index contributed by atoms with van der Waals surface area (Å²) in [7, 11) is 0. The monoisotopic (exact) mass is 200 g/mol. The van der Waals surface area contributed by atoms with Crippen molar-refractivity contribution in [1.29, 1.82) is 0 Å². The van der Waals surface area contributed by atoms with Gasteiger partial charge in [-0.1, -0.05) is 5.10 Å². The lowest BCUT2D eigenvalue weighted by molar-refractivity contribution is -0.117. The molecule has 3 N–H and O–H groups in total. The summed E-state index contributed by atoms with van der Waals surface area (Å²) in [5, 5.41) is 17.7. The zero-order valence-corrected chi connectivity index (χ0v) is 7.20. The number of alkyl halides is 1. The average molecular weight is 200 g/mol. The minimum atomic E-state index is -0.962. The Hall–Kier alpha value is -1.57. The first kappa shape index (κ1) is 9.00. The van der Waals surface area contributed by atoms with Crippen molar-refractivity contribution in [2.45, 2.75) is 18.6 Å². The maximum Gasteiger partial charge on any atom is 0.269 e. The first-order valence-electron chi connectivity index (χ1n) is 4.17. The van der Waals surface area contributed by atoms with E-state index >= 15 is 0 Å². The smallest absolute Gasteiger partial charge is 0.269 e. The van der Waals surface area contributed by atoms with Crippen LogP contribution in [-0.4, -0.2) is 45.3 Å². The molecule has 7 nitrogen and oxygen atoms in total. The summed E-state index contributed by atoms with van der Waals surface area (Å²) in [5.74, 6) is -0.245. The van der Waals surface area contributed by atoms with Gasteiger partial charge in [0.25, 0.3) is 5.95 Å². The lowest BCUT2D eigenvalue weighted by Gasteiger charge is -2.06. The summed E-state index contributed by atoms with van der Waals surface area (Å²) < 4.78 is 12.7. The normalized spacial score (nSPS) is 26.4. The van der Waals surface area contributed by atoms with E-state index in [1.54, 1.807) is 0 Å². The molecule has 1 aromatic heterocycles. The van der Waals surface area contributed by atoms with Gasteiger partial charge in [-0.2, -0.15) is 5.21 Å². The number of carbonyl (C=O) groups excluding carboxylic acids is 1. The molecule has 1 amide bonds. The Kier molecular flexibility index (Phi) is 2.35. The second-order valence-corrected chi connectivity index (χ2v) is 3.02. The molecule has 8 heteroatoms. The Morgan fingerprint density at radius 3 is 3.07 bits per heavy atom. The summed E-state index contributed by atoms with van der Waals surface area (Å²) in [6, 6.07) is -0.511. The molecule has 0 bridgehead atoms. The third-order valence-corrected chi connectivity index (χ3v) is 1.97. The molecule has 1 aromatic rings. The van der Waals surface area contributed by atoms with E-state index in [1.807, 2.05) is 0 Å². The van der Waals surface area contributed by atoms with Gasteiger partial charge in [0.1, 0.15) is 6.17 Å². The topological polar surface area (TPSA) is 95.6 Å². The zero-order chi connectivity index (χ0) is 9.97. The molecule has 1 fully saturated rings. The Labute approximate surface area is 78.5 Å². The summed E-state index contributed by atoms with van der Waals surface area (Å²) in [5.41, 5.74) is 0. The number of amides is 1. The number of H-pyrrole nitrogens is 1. The molecular formula is C6H9FN6O. The van der Waals surface area contributed by atoms with Crippen LogP contribution in [-0.2, 0) is 4.79 Å². The van der Waals surface area contributed by atoms with E-state index in [2.05, 4.69) is 31.3 Å². The number of rotatable bonds is 2. The predicted octanol–water partition coefficient (Wildman–Crippen LogP) is -1.16. The summed E-state index contributed by atoms with van der Waals surface area (Å²) in [6.45, 7) is 0.213. The lowest BCUT2D eigenvalue weighted by Crippen LogP contribution is -2.35. The van der Waals surface area contributed by atoms with Crippen LogP contribution in [0.1, 0.15) is 6.42 Å². The van der Waals surface area contributed by atoms with Crippen molar-refractivity contribution in [3.05, 3.63) is 0 Å². The highest BCUT2D eigenvalue weighted by Gasteiger charge is 2.29. The van der Waals surface area contributed by atoms with Crippen LogP contribution in [0.15, 0.2) is 0 Å². The van der Waals surface area contributed by atoms with Gasteiger partial charge in [0.2, 0.25) is 5.91 Å². The number of hydrogen-bond acceptors (Lipinski definition) is 5. The Balaban J connectivity index is 1.90. The molecule has 1 saturated heterocycles. The van der Waals surface area contributed by atoms with Crippen LogP contribution >= 0.6 is 0 Å². The van der Waals surface area contributed by atoms with Crippen LogP contribution in [0.2, 0.25) is 0 Å². The predicted molar refractivity (Wildman–Crippen MR) is 44.1 cm³/mol. The van der Waals surface area contributed by atoms with Crippen LogP contribution in [0.4, 0.5) is 10.3 Å². The van der Waals surface area contributed by atoms with Gasteiger partial charge in [0.15, 0.2) is 0 Å². The molecule has 0 aromatic carbocycles. The van der Waals surface area contributed by atoms with Crippen molar-refractivity contribution >= 4 is 11.9 Å². The van der Waals surface area contributed by atoms with E-state index < -0.39 is 12.2 Å². The fourth-order valence-corrected chi connectivity index (χ4v) is 1.30. The highest BCUT2D eigenvalue weighted by molar-refractivity contribution is 5.93. The van der Waals surface area contributed by atoms with Crippen LogP contribution in [0.25, 0.3) is 0 Å². The zero-order valence-electron chi connectivity index (χ0n) is 7.20. The number of hydrogen-bond donors (Lipinski definition) is 3. The second-order valence-electron chi connectivity index (χ2n) is 3.02. The number of aromatic amines is 1. The molecule has 0 radical (unpaired) electrons. The van der Waals surface area contributed by atoms with Crippen molar-refractivity contribution in [1.82, 2.24) is 25.9 Å². The van der Waals surface area contributed by atoms with Crippen LogP contribution < -0.4 is 10.6 Å². The number of anilines is 1. The molecule has 76 valence electrons. The third-order valence-electron chi connectivity index (χ3n) is 1.97. The molecule has 1 aliphatic rings. The van der Waals surface area contributed by atoms with Gasteiger partial charge >= 0.3 is 0 Å². The fraction of sp³-hybridized carbons (Fsp3) is 0.667. The van der Waals surface area contributed by atoms with E-state index in [0.717, 1.165) is 0 Å². The second kappa shape index (κ2) is 3.66. The van der Waals surface area contributed by atoms with Gasteiger partial charge in [-0.05, 0) is 5.21 Å². The lowest BCUT2D eigenvalue weighted by atomic mass is 10.2. The number of halogens is 1. The Morgan fingerprint density at radius 1 is 1.64 bits per heavy atom. The standard InChI is InChI=1S/C6H9FN6O/c7-3-1-4(8-2-3)5(14)9-6-10-12-13-11-6/h3-4,8H,1-2H2,(H2,9,10,11,12,13,14)/t3-,4+/m1/s1. The van der Waals surface area contributed by atoms with E-state index in [0.29, 0.717) is 0 Å². The van der Waals surface area contributed by atoms with Gasteiger partial charge in [-0.25, -0.2) is 4.39 Å². The van der Waals surface area contributed by atoms with E-state index in [9.17, 15) is 9.18 Å². The minimum Gasteiger partial charge on any atom is -0.303 e. The maximum atomic E-state index is 12.7. The fourth-order valence-electron chi connectivity index (χ4n) is 1.30. The van der Waals surface area contributed by atoms with Gasteiger partial charge in [0.05, 0.1) is 6.04 Å². The van der Waals surface area contributed by atoms with Crippen molar-refractivity contribution in [3.63, 3.8) is 0 Å². The minimum absolute atomic E-state index is 0.0964. The van der Waals surface area contributed by atoms with Crippen molar-refractivity contribution in [2.24, 2.45) is 0 Å².